The molecule has 5 heteroatoms. The summed E-state index contributed by atoms with van der Waals surface area (Å²) in [5.41, 5.74) is 1.58. The molecule has 5 nitrogen and oxygen atoms in total. The zero-order valence-electron chi connectivity index (χ0n) is 13.3. The largest absolute Gasteiger partial charge is 0.479 e. The third-order valence-corrected chi connectivity index (χ3v) is 3.68. The van der Waals surface area contributed by atoms with Crippen molar-refractivity contribution in [1.82, 2.24) is 0 Å². The number of fused-ring (bicyclic) bond motifs is 1. The minimum atomic E-state index is -0.747. The van der Waals surface area contributed by atoms with E-state index in [2.05, 4.69) is 4.74 Å². The predicted octanol–water partition coefficient (Wildman–Crippen LogP) is 3.40. The van der Waals surface area contributed by atoms with Crippen molar-refractivity contribution in [3.8, 4) is 16.9 Å². The summed E-state index contributed by atoms with van der Waals surface area (Å²) in [6, 6.07) is 14.2. The molecule has 122 valence electrons. The van der Waals surface area contributed by atoms with Crippen molar-refractivity contribution >= 4 is 16.9 Å². The number of hydrogen-bond acceptors (Lipinski definition) is 5. The molecule has 1 atom stereocenters. The fourth-order valence-corrected chi connectivity index (χ4v) is 2.42. The molecule has 1 heterocycles. The topological polar surface area (TPSA) is 65.7 Å². The predicted molar refractivity (Wildman–Crippen MR) is 90.0 cm³/mol. The zero-order chi connectivity index (χ0) is 17.1. The molecule has 3 aromatic rings. The molecule has 2 aromatic carbocycles. The second-order valence-corrected chi connectivity index (χ2v) is 5.29. The Labute approximate surface area is 138 Å². The summed E-state index contributed by atoms with van der Waals surface area (Å²) in [5, 5.41) is 0.453. The lowest BCUT2D eigenvalue weighted by atomic mass is 10.1. The number of methoxy groups -OCH3 is 1. The first-order chi connectivity index (χ1) is 11.6. The minimum absolute atomic E-state index is 0.116. The summed E-state index contributed by atoms with van der Waals surface area (Å²) in [4.78, 5) is 24.1. The van der Waals surface area contributed by atoms with Crippen LogP contribution in [0.25, 0.3) is 22.1 Å². The summed E-state index contributed by atoms with van der Waals surface area (Å²) < 4.78 is 15.7. The van der Waals surface area contributed by atoms with Crippen LogP contribution in [-0.4, -0.2) is 19.2 Å². The SMILES string of the molecule is COC(=O)C(C)Oc1ccc2c(=O)c(-c3ccccc3)coc2c1. The Morgan fingerprint density at radius 2 is 1.88 bits per heavy atom. The molecule has 1 unspecified atom stereocenters. The Morgan fingerprint density at radius 3 is 2.58 bits per heavy atom. The van der Waals surface area contributed by atoms with Crippen molar-refractivity contribution in [2.45, 2.75) is 13.0 Å². The van der Waals surface area contributed by atoms with Crippen LogP contribution in [0.1, 0.15) is 6.92 Å². The van der Waals surface area contributed by atoms with E-state index in [-0.39, 0.29) is 5.43 Å². The van der Waals surface area contributed by atoms with Crippen molar-refractivity contribution in [2.75, 3.05) is 7.11 Å². The molecular formula is C19H16O5. The third kappa shape index (κ3) is 3.01. The standard InChI is InChI=1S/C19H16O5/c1-12(19(21)22-2)24-14-8-9-15-17(10-14)23-11-16(18(15)20)13-6-4-3-5-7-13/h3-12H,1-2H3. The van der Waals surface area contributed by atoms with Gasteiger partial charge in [0.1, 0.15) is 17.6 Å². The lowest BCUT2D eigenvalue weighted by molar-refractivity contribution is -0.147. The lowest BCUT2D eigenvalue weighted by Gasteiger charge is -2.12. The van der Waals surface area contributed by atoms with Crippen LogP contribution < -0.4 is 10.2 Å². The van der Waals surface area contributed by atoms with Gasteiger partial charge >= 0.3 is 5.97 Å². The molecule has 24 heavy (non-hydrogen) atoms. The maximum atomic E-state index is 12.6. The molecule has 0 fully saturated rings. The quantitative estimate of drug-likeness (QED) is 0.688. The van der Waals surface area contributed by atoms with E-state index in [0.717, 1.165) is 5.56 Å². The molecule has 3 rings (SSSR count). The molecule has 0 aliphatic heterocycles. The van der Waals surface area contributed by atoms with Crippen molar-refractivity contribution in [3.63, 3.8) is 0 Å². The maximum Gasteiger partial charge on any atom is 0.346 e. The van der Waals surface area contributed by atoms with Gasteiger partial charge in [-0.1, -0.05) is 30.3 Å². The van der Waals surface area contributed by atoms with E-state index in [0.29, 0.717) is 22.3 Å². The van der Waals surface area contributed by atoms with Gasteiger partial charge in [0, 0.05) is 6.07 Å². The van der Waals surface area contributed by atoms with Gasteiger partial charge in [0.15, 0.2) is 11.5 Å². The van der Waals surface area contributed by atoms with Crippen LogP contribution in [0.4, 0.5) is 0 Å². The molecule has 0 saturated heterocycles. The molecular weight excluding hydrogens is 308 g/mol. The third-order valence-electron chi connectivity index (χ3n) is 3.68. The maximum absolute atomic E-state index is 12.6. The van der Waals surface area contributed by atoms with Crippen molar-refractivity contribution in [3.05, 3.63) is 65.0 Å². The van der Waals surface area contributed by atoms with E-state index in [4.69, 9.17) is 9.15 Å². The first kappa shape index (κ1) is 15.8. The Balaban J connectivity index is 1.98. The molecule has 1 aromatic heterocycles. The highest BCUT2D eigenvalue weighted by Gasteiger charge is 2.16. The zero-order valence-corrected chi connectivity index (χ0v) is 13.3. The van der Waals surface area contributed by atoms with Crippen LogP contribution >= 0.6 is 0 Å². The van der Waals surface area contributed by atoms with Crippen molar-refractivity contribution < 1.29 is 18.7 Å². The van der Waals surface area contributed by atoms with Gasteiger partial charge < -0.3 is 13.9 Å². The highest BCUT2D eigenvalue weighted by Crippen LogP contribution is 2.23. The molecule has 0 radical (unpaired) electrons. The minimum Gasteiger partial charge on any atom is -0.479 e. The number of benzene rings is 2. The smallest absolute Gasteiger partial charge is 0.346 e. The molecule has 0 spiro atoms. The van der Waals surface area contributed by atoms with E-state index >= 15 is 0 Å². The molecule has 0 amide bonds. The van der Waals surface area contributed by atoms with E-state index in [1.165, 1.54) is 13.4 Å². The second-order valence-electron chi connectivity index (χ2n) is 5.29. The van der Waals surface area contributed by atoms with Gasteiger partial charge in [-0.2, -0.15) is 0 Å². The van der Waals surface area contributed by atoms with E-state index in [1.807, 2.05) is 30.3 Å². The van der Waals surface area contributed by atoms with Gasteiger partial charge in [-0.05, 0) is 24.6 Å². The van der Waals surface area contributed by atoms with Gasteiger partial charge in [-0.15, -0.1) is 0 Å². The number of hydrogen-bond donors (Lipinski definition) is 0. The second kappa shape index (κ2) is 6.58. The number of rotatable bonds is 4. The van der Waals surface area contributed by atoms with Gasteiger partial charge in [0.05, 0.1) is 18.1 Å². The molecule has 0 bridgehead atoms. The summed E-state index contributed by atoms with van der Waals surface area (Å²) in [5.74, 6) is -0.0491. The Hall–Kier alpha value is -3.08. The van der Waals surface area contributed by atoms with Crippen molar-refractivity contribution in [2.24, 2.45) is 0 Å². The van der Waals surface area contributed by atoms with Gasteiger partial charge in [-0.3, -0.25) is 4.79 Å². The number of carbonyl (C=O) groups excluding carboxylic acids is 1. The molecule has 0 aliphatic rings. The first-order valence-electron chi connectivity index (χ1n) is 7.45. The van der Waals surface area contributed by atoms with Gasteiger partial charge in [0.25, 0.3) is 0 Å². The molecule has 0 N–H and O–H groups in total. The first-order valence-corrected chi connectivity index (χ1v) is 7.45. The highest BCUT2D eigenvalue weighted by atomic mass is 16.6. The fraction of sp³-hybridized carbons (Fsp3) is 0.158. The Morgan fingerprint density at radius 1 is 1.12 bits per heavy atom. The van der Waals surface area contributed by atoms with Crippen LogP contribution in [0.2, 0.25) is 0 Å². The van der Waals surface area contributed by atoms with Crippen LogP contribution in [-0.2, 0) is 9.53 Å². The number of ether oxygens (including phenoxy) is 2. The van der Waals surface area contributed by atoms with Crippen molar-refractivity contribution in [1.29, 1.82) is 0 Å². The average molecular weight is 324 g/mol. The summed E-state index contributed by atoms with van der Waals surface area (Å²) in [6.45, 7) is 1.59. The lowest BCUT2D eigenvalue weighted by Crippen LogP contribution is -2.24. The van der Waals surface area contributed by atoms with Crippen LogP contribution in [0.5, 0.6) is 5.75 Å². The van der Waals surface area contributed by atoms with Crippen LogP contribution in [0, 0.1) is 0 Å². The Kier molecular flexibility index (Phi) is 4.33. The monoisotopic (exact) mass is 324 g/mol. The molecule has 0 saturated carbocycles. The van der Waals surface area contributed by atoms with E-state index < -0.39 is 12.1 Å². The normalized spacial score (nSPS) is 11.9. The van der Waals surface area contributed by atoms with E-state index in [9.17, 15) is 9.59 Å². The van der Waals surface area contributed by atoms with Crippen LogP contribution in [0.15, 0.2) is 64.0 Å². The summed E-state index contributed by atoms with van der Waals surface area (Å²) >= 11 is 0. The fourth-order valence-electron chi connectivity index (χ4n) is 2.42. The average Bonchev–Trinajstić information content (AvgIpc) is 2.62. The van der Waals surface area contributed by atoms with Gasteiger partial charge in [0.2, 0.25) is 0 Å². The summed E-state index contributed by atoms with van der Waals surface area (Å²) in [6.07, 6.45) is 0.691. The van der Waals surface area contributed by atoms with E-state index in [1.54, 1.807) is 25.1 Å². The molecule has 0 aliphatic carbocycles. The summed E-state index contributed by atoms with van der Waals surface area (Å²) in [7, 11) is 1.30. The highest BCUT2D eigenvalue weighted by molar-refractivity contribution is 5.82. The van der Waals surface area contributed by atoms with Crippen LogP contribution in [0.3, 0.4) is 0 Å². The number of carbonyl (C=O) groups is 1. The van der Waals surface area contributed by atoms with Gasteiger partial charge in [-0.25, -0.2) is 4.79 Å². The Bertz CT molecular complexity index is 927. The number of esters is 1.